The van der Waals surface area contributed by atoms with Crippen molar-refractivity contribution < 1.29 is 13.9 Å². The molecule has 0 N–H and O–H groups in total. The molecular formula is C15H12FNO2. The zero-order valence-electron chi connectivity index (χ0n) is 10.4. The van der Waals surface area contributed by atoms with Crippen molar-refractivity contribution in [1.82, 2.24) is 0 Å². The van der Waals surface area contributed by atoms with Crippen molar-refractivity contribution in [3.63, 3.8) is 0 Å². The summed E-state index contributed by atoms with van der Waals surface area (Å²) in [5, 5.41) is 8.92. The van der Waals surface area contributed by atoms with Gasteiger partial charge in [-0.1, -0.05) is 12.1 Å². The molecule has 0 spiro atoms. The molecule has 2 aromatic carbocycles. The number of ether oxygens (including phenoxy) is 2. The molecule has 19 heavy (non-hydrogen) atoms. The van der Waals surface area contributed by atoms with Crippen molar-refractivity contribution in [2.45, 2.75) is 6.92 Å². The molecule has 96 valence electrons. The fourth-order valence-corrected chi connectivity index (χ4v) is 1.62. The summed E-state index contributed by atoms with van der Waals surface area (Å²) in [5.41, 5.74) is -0.107. The SMILES string of the molecule is CCOc1cccc(Oc2cccc(F)c2C#N)c1. The fraction of sp³-hybridized carbons (Fsp3) is 0.133. The summed E-state index contributed by atoms with van der Waals surface area (Å²) in [5.74, 6) is 0.750. The second-order valence-electron chi connectivity index (χ2n) is 3.73. The van der Waals surface area contributed by atoms with E-state index in [2.05, 4.69) is 0 Å². The van der Waals surface area contributed by atoms with Crippen molar-refractivity contribution in [2.24, 2.45) is 0 Å². The van der Waals surface area contributed by atoms with Gasteiger partial charge >= 0.3 is 0 Å². The lowest BCUT2D eigenvalue weighted by Gasteiger charge is -2.09. The monoisotopic (exact) mass is 257 g/mol. The topological polar surface area (TPSA) is 42.2 Å². The van der Waals surface area contributed by atoms with E-state index in [4.69, 9.17) is 14.7 Å². The Bertz CT molecular complexity index is 620. The van der Waals surface area contributed by atoms with Gasteiger partial charge in [-0.15, -0.1) is 0 Å². The summed E-state index contributed by atoms with van der Waals surface area (Å²) in [7, 11) is 0. The first-order chi connectivity index (χ1) is 9.24. The maximum atomic E-state index is 13.4. The van der Waals surface area contributed by atoms with E-state index < -0.39 is 5.82 Å². The standard InChI is InChI=1S/C15H12FNO2/c1-2-18-11-5-3-6-12(9-11)19-15-8-4-7-14(16)13(15)10-17/h3-9H,2H2,1H3. The molecule has 0 unspecified atom stereocenters. The molecule has 0 atom stereocenters. The van der Waals surface area contributed by atoms with Crippen LogP contribution in [0.1, 0.15) is 12.5 Å². The third kappa shape index (κ3) is 3.02. The molecule has 2 aromatic rings. The summed E-state index contributed by atoms with van der Waals surface area (Å²) in [6.45, 7) is 2.43. The zero-order chi connectivity index (χ0) is 13.7. The summed E-state index contributed by atoms with van der Waals surface area (Å²) in [6, 6.07) is 13.0. The number of benzene rings is 2. The Morgan fingerprint density at radius 3 is 2.63 bits per heavy atom. The van der Waals surface area contributed by atoms with Crippen molar-refractivity contribution >= 4 is 0 Å². The molecule has 0 amide bonds. The summed E-state index contributed by atoms with van der Waals surface area (Å²) < 4.78 is 24.3. The van der Waals surface area contributed by atoms with Crippen LogP contribution in [0.15, 0.2) is 42.5 Å². The fourth-order valence-electron chi connectivity index (χ4n) is 1.62. The highest BCUT2D eigenvalue weighted by Crippen LogP contribution is 2.28. The molecular weight excluding hydrogens is 245 g/mol. The predicted octanol–water partition coefficient (Wildman–Crippen LogP) is 3.89. The second-order valence-corrected chi connectivity index (χ2v) is 3.73. The normalized spacial score (nSPS) is 9.74. The summed E-state index contributed by atoms with van der Waals surface area (Å²) in [4.78, 5) is 0. The minimum atomic E-state index is -0.596. The summed E-state index contributed by atoms with van der Waals surface area (Å²) in [6.07, 6.45) is 0. The number of rotatable bonds is 4. The van der Waals surface area contributed by atoms with E-state index in [1.807, 2.05) is 6.92 Å². The Hall–Kier alpha value is -2.54. The van der Waals surface area contributed by atoms with Gasteiger partial charge in [-0.05, 0) is 31.2 Å². The van der Waals surface area contributed by atoms with E-state index in [0.29, 0.717) is 18.1 Å². The largest absolute Gasteiger partial charge is 0.494 e. The Morgan fingerprint density at radius 1 is 1.16 bits per heavy atom. The molecule has 0 bridgehead atoms. The van der Waals surface area contributed by atoms with Gasteiger partial charge in [0.15, 0.2) is 0 Å². The van der Waals surface area contributed by atoms with Crippen molar-refractivity contribution in [1.29, 1.82) is 5.26 Å². The Labute approximate surface area is 110 Å². The second kappa shape index (κ2) is 5.87. The van der Waals surface area contributed by atoms with Gasteiger partial charge in [0, 0.05) is 6.07 Å². The van der Waals surface area contributed by atoms with Gasteiger partial charge in [-0.3, -0.25) is 0 Å². The quantitative estimate of drug-likeness (QED) is 0.834. The first kappa shape index (κ1) is 12.9. The third-order valence-corrected chi connectivity index (χ3v) is 2.43. The van der Waals surface area contributed by atoms with E-state index in [9.17, 15) is 4.39 Å². The summed E-state index contributed by atoms with van der Waals surface area (Å²) >= 11 is 0. The van der Waals surface area contributed by atoms with Gasteiger partial charge < -0.3 is 9.47 Å². The van der Waals surface area contributed by atoms with Crippen LogP contribution in [0.5, 0.6) is 17.2 Å². The van der Waals surface area contributed by atoms with Crippen LogP contribution in [0.2, 0.25) is 0 Å². The third-order valence-electron chi connectivity index (χ3n) is 2.43. The van der Waals surface area contributed by atoms with E-state index in [0.717, 1.165) is 0 Å². The van der Waals surface area contributed by atoms with Crippen LogP contribution in [-0.2, 0) is 0 Å². The molecule has 0 aliphatic heterocycles. The zero-order valence-corrected chi connectivity index (χ0v) is 10.4. The van der Waals surface area contributed by atoms with Crippen LogP contribution in [0.4, 0.5) is 4.39 Å². The van der Waals surface area contributed by atoms with Gasteiger partial charge in [-0.2, -0.15) is 5.26 Å². The molecule has 3 nitrogen and oxygen atoms in total. The molecule has 0 radical (unpaired) electrons. The predicted molar refractivity (Wildman–Crippen MR) is 68.8 cm³/mol. The Morgan fingerprint density at radius 2 is 1.89 bits per heavy atom. The van der Waals surface area contributed by atoms with Crippen molar-refractivity contribution in [3.05, 3.63) is 53.8 Å². The Balaban J connectivity index is 2.29. The van der Waals surface area contributed by atoms with Gasteiger partial charge in [0.05, 0.1) is 6.61 Å². The first-order valence-electron chi connectivity index (χ1n) is 5.84. The van der Waals surface area contributed by atoms with E-state index in [1.165, 1.54) is 12.1 Å². The molecule has 0 aliphatic carbocycles. The Kier molecular flexibility index (Phi) is 3.99. The van der Waals surface area contributed by atoms with Crippen LogP contribution in [0, 0.1) is 17.1 Å². The highest BCUT2D eigenvalue weighted by Gasteiger charge is 2.10. The number of hydrogen-bond donors (Lipinski definition) is 0. The van der Waals surface area contributed by atoms with Crippen molar-refractivity contribution in [3.8, 4) is 23.3 Å². The van der Waals surface area contributed by atoms with Gasteiger partial charge in [-0.25, -0.2) is 4.39 Å². The maximum absolute atomic E-state index is 13.4. The van der Waals surface area contributed by atoms with Crippen LogP contribution in [0.25, 0.3) is 0 Å². The van der Waals surface area contributed by atoms with E-state index in [1.54, 1.807) is 36.4 Å². The van der Waals surface area contributed by atoms with Crippen LogP contribution >= 0.6 is 0 Å². The van der Waals surface area contributed by atoms with E-state index in [-0.39, 0.29) is 11.3 Å². The molecule has 0 aromatic heterocycles. The highest BCUT2D eigenvalue weighted by atomic mass is 19.1. The number of halogens is 1. The lowest BCUT2D eigenvalue weighted by Crippen LogP contribution is -1.93. The average molecular weight is 257 g/mol. The molecule has 2 rings (SSSR count). The molecule has 0 saturated heterocycles. The van der Waals surface area contributed by atoms with Gasteiger partial charge in [0.2, 0.25) is 0 Å². The minimum absolute atomic E-state index is 0.107. The van der Waals surface area contributed by atoms with Crippen LogP contribution in [0.3, 0.4) is 0 Å². The smallest absolute Gasteiger partial charge is 0.148 e. The molecule has 4 heteroatoms. The van der Waals surface area contributed by atoms with E-state index >= 15 is 0 Å². The number of nitrogens with zero attached hydrogens (tertiary/aromatic N) is 1. The number of nitriles is 1. The lowest BCUT2D eigenvalue weighted by atomic mass is 10.2. The van der Waals surface area contributed by atoms with Crippen LogP contribution < -0.4 is 9.47 Å². The number of hydrogen-bond acceptors (Lipinski definition) is 3. The minimum Gasteiger partial charge on any atom is -0.494 e. The average Bonchev–Trinajstić information content (AvgIpc) is 2.40. The lowest BCUT2D eigenvalue weighted by molar-refractivity contribution is 0.338. The highest BCUT2D eigenvalue weighted by molar-refractivity contribution is 5.46. The van der Waals surface area contributed by atoms with Gasteiger partial charge in [0.1, 0.15) is 34.7 Å². The van der Waals surface area contributed by atoms with Crippen LogP contribution in [-0.4, -0.2) is 6.61 Å². The van der Waals surface area contributed by atoms with Crippen molar-refractivity contribution in [2.75, 3.05) is 6.61 Å². The molecule has 0 heterocycles. The maximum Gasteiger partial charge on any atom is 0.148 e. The molecule has 0 aliphatic rings. The molecule has 0 saturated carbocycles. The molecule has 0 fully saturated rings. The first-order valence-corrected chi connectivity index (χ1v) is 5.84. The van der Waals surface area contributed by atoms with Gasteiger partial charge in [0.25, 0.3) is 0 Å².